The van der Waals surface area contributed by atoms with Crippen LogP contribution in [0.5, 0.6) is 0 Å². The number of aryl methyl sites for hydroxylation is 1. The van der Waals surface area contributed by atoms with E-state index in [0.717, 1.165) is 37.9 Å². The minimum Gasteiger partial charge on any atom is -0.273 e. The van der Waals surface area contributed by atoms with E-state index in [1.807, 2.05) is 79.7 Å². The Kier molecular flexibility index (Phi) is 6.40. The van der Waals surface area contributed by atoms with Gasteiger partial charge in [-0.3, -0.25) is 14.9 Å². The number of nitrogens with one attached hydrogen (secondary N) is 1. The Labute approximate surface area is 214 Å². The molecule has 1 aliphatic rings. The number of anilines is 1. The standard InChI is InChI=1S/C30H23ClN2O3/c1-2-19-9-5-8-14-27(19)33-29(35)25(28(34)32-30(33)36)18-24-21(17-22-11-4-7-13-26(22)31)16-15-20-10-3-6-12-23(20)24/h3-16,18H,2,17H2,1H3,(H,32,34,36)/b25-18-. The molecule has 36 heavy (non-hydrogen) atoms. The molecule has 0 bridgehead atoms. The molecule has 6 heteroatoms. The van der Waals surface area contributed by atoms with Crippen molar-refractivity contribution in [1.82, 2.24) is 5.32 Å². The lowest BCUT2D eigenvalue weighted by molar-refractivity contribution is -0.122. The predicted molar refractivity (Wildman–Crippen MR) is 143 cm³/mol. The van der Waals surface area contributed by atoms with Crippen molar-refractivity contribution in [1.29, 1.82) is 0 Å². The van der Waals surface area contributed by atoms with Gasteiger partial charge in [-0.05, 0) is 64.1 Å². The maximum atomic E-state index is 13.6. The van der Waals surface area contributed by atoms with Crippen molar-refractivity contribution in [2.45, 2.75) is 19.8 Å². The Bertz CT molecular complexity index is 1560. The predicted octanol–water partition coefficient (Wildman–Crippen LogP) is 6.31. The van der Waals surface area contributed by atoms with Crippen LogP contribution >= 0.6 is 11.6 Å². The molecule has 1 fully saturated rings. The van der Waals surface area contributed by atoms with Crippen molar-refractivity contribution < 1.29 is 14.4 Å². The van der Waals surface area contributed by atoms with Crippen LogP contribution in [0.4, 0.5) is 10.5 Å². The van der Waals surface area contributed by atoms with Crippen molar-refractivity contribution in [2.75, 3.05) is 4.90 Å². The van der Waals surface area contributed by atoms with Crippen LogP contribution in [0.2, 0.25) is 5.02 Å². The van der Waals surface area contributed by atoms with Gasteiger partial charge < -0.3 is 0 Å². The number of urea groups is 1. The smallest absolute Gasteiger partial charge is 0.273 e. The first-order valence-corrected chi connectivity index (χ1v) is 12.1. The summed E-state index contributed by atoms with van der Waals surface area (Å²) >= 11 is 6.44. The minimum absolute atomic E-state index is 0.0998. The molecule has 4 amide bonds. The number of hydrogen-bond donors (Lipinski definition) is 1. The zero-order valence-electron chi connectivity index (χ0n) is 19.6. The number of para-hydroxylation sites is 1. The highest BCUT2D eigenvalue weighted by atomic mass is 35.5. The first-order valence-electron chi connectivity index (χ1n) is 11.7. The summed E-state index contributed by atoms with van der Waals surface area (Å²) in [7, 11) is 0. The molecular weight excluding hydrogens is 472 g/mol. The number of amides is 4. The molecular formula is C30H23ClN2O3. The van der Waals surface area contributed by atoms with Gasteiger partial charge in [0.25, 0.3) is 11.8 Å². The van der Waals surface area contributed by atoms with E-state index in [1.54, 1.807) is 18.2 Å². The average molecular weight is 495 g/mol. The highest BCUT2D eigenvalue weighted by Crippen LogP contribution is 2.31. The molecule has 0 spiro atoms. The zero-order valence-corrected chi connectivity index (χ0v) is 20.4. The number of barbiturate groups is 1. The Morgan fingerprint density at radius 3 is 2.28 bits per heavy atom. The number of halogens is 1. The Hall–Kier alpha value is -4.22. The minimum atomic E-state index is -0.753. The molecule has 0 atom stereocenters. The topological polar surface area (TPSA) is 66.5 Å². The van der Waals surface area contributed by atoms with E-state index in [-0.39, 0.29) is 5.57 Å². The lowest BCUT2D eigenvalue weighted by atomic mass is 9.92. The van der Waals surface area contributed by atoms with Gasteiger partial charge in [0, 0.05) is 5.02 Å². The van der Waals surface area contributed by atoms with Gasteiger partial charge in [0.1, 0.15) is 5.57 Å². The van der Waals surface area contributed by atoms with Crippen molar-refractivity contribution in [3.8, 4) is 0 Å². The van der Waals surface area contributed by atoms with Crippen molar-refractivity contribution in [2.24, 2.45) is 0 Å². The van der Waals surface area contributed by atoms with Crippen LogP contribution in [0.25, 0.3) is 16.8 Å². The van der Waals surface area contributed by atoms with E-state index in [2.05, 4.69) is 5.32 Å². The number of rotatable bonds is 5. The second-order valence-corrected chi connectivity index (χ2v) is 8.98. The largest absolute Gasteiger partial charge is 0.335 e. The summed E-state index contributed by atoms with van der Waals surface area (Å²) in [5.41, 5.74) is 3.78. The van der Waals surface area contributed by atoms with Crippen LogP contribution in [0.3, 0.4) is 0 Å². The number of imide groups is 2. The van der Waals surface area contributed by atoms with Crippen LogP contribution in [0.15, 0.2) is 90.5 Å². The van der Waals surface area contributed by atoms with Crippen LogP contribution < -0.4 is 10.2 Å². The second kappa shape index (κ2) is 9.80. The molecule has 1 N–H and O–H groups in total. The SMILES string of the molecule is CCc1ccccc1N1C(=O)NC(=O)/C(=C/c2c(Cc3ccccc3Cl)ccc3ccccc23)C1=O. The summed E-state index contributed by atoms with van der Waals surface area (Å²) in [6.07, 6.45) is 2.74. The van der Waals surface area contributed by atoms with Gasteiger partial charge >= 0.3 is 6.03 Å². The van der Waals surface area contributed by atoms with E-state index in [9.17, 15) is 14.4 Å². The van der Waals surface area contributed by atoms with Gasteiger partial charge in [-0.15, -0.1) is 0 Å². The van der Waals surface area contributed by atoms with Crippen LogP contribution in [0.1, 0.15) is 29.2 Å². The summed E-state index contributed by atoms with van der Waals surface area (Å²) in [5.74, 6) is -1.37. The summed E-state index contributed by atoms with van der Waals surface area (Å²) in [6, 6.07) is 25.8. The van der Waals surface area contributed by atoms with Gasteiger partial charge in [0.15, 0.2) is 0 Å². The third kappa shape index (κ3) is 4.30. The molecule has 0 unspecified atom stereocenters. The number of benzene rings is 4. The van der Waals surface area contributed by atoms with Gasteiger partial charge in [0.05, 0.1) is 5.69 Å². The van der Waals surface area contributed by atoms with Crippen LogP contribution in [-0.2, 0) is 22.4 Å². The molecule has 0 saturated carbocycles. The van der Waals surface area contributed by atoms with Crippen molar-refractivity contribution in [3.63, 3.8) is 0 Å². The zero-order chi connectivity index (χ0) is 25.2. The monoisotopic (exact) mass is 494 g/mol. The first-order chi connectivity index (χ1) is 17.5. The molecule has 1 saturated heterocycles. The summed E-state index contributed by atoms with van der Waals surface area (Å²) in [4.78, 5) is 40.4. The average Bonchev–Trinajstić information content (AvgIpc) is 2.88. The second-order valence-electron chi connectivity index (χ2n) is 8.57. The molecule has 0 aromatic heterocycles. The molecule has 1 aliphatic heterocycles. The van der Waals surface area contributed by atoms with E-state index >= 15 is 0 Å². The molecule has 0 radical (unpaired) electrons. The van der Waals surface area contributed by atoms with Gasteiger partial charge in [-0.2, -0.15) is 0 Å². The fraction of sp³-hybridized carbons (Fsp3) is 0.100. The summed E-state index contributed by atoms with van der Waals surface area (Å²) in [5, 5.41) is 4.85. The van der Waals surface area contributed by atoms with Crippen molar-refractivity contribution in [3.05, 3.63) is 118 Å². The van der Waals surface area contributed by atoms with E-state index < -0.39 is 17.8 Å². The quantitative estimate of drug-likeness (QED) is 0.261. The van der Waals surface area contributed by atoms with Gasteiger partial charge in [-0.25, -0.2) is 9.69 Å². The normalized spacial score (nSPS) is 15.0. The third-order valence-electron chi connectivity index (χ3n) is 6.40. The molecule has 4 aromatic carbocycles. The number of carbonyl (C=O) groups is 3. The van der Waals surface area contributed by atoms with Crippen LogP contribution in [0, 0.1) is 0 Å². The Morgan fingerprint density at radius 1 is 0.806 bits per heavy atom. The first kappa shape index (κ1) is 23.5. The molecule has 1 heterocycles. The number of nitrogens with zero attached hydrogens (tertiary/aromatic N) is 1. The molecule has 0 aliphatic carbocycles. The van der Waals surface area contributed by atoms with Crippen molar-refractivity contribution >= 4 is 52.0 Å². The van der Waals surface area contributed by atoms with Gasteiger partial charge in [-0.1, -0.05) is 91.3 Å². The number of hydrogen-bond acceptors (Lipinski definition) is 3. The van der Waals surface area contributed by atoms with E-state index in [4.69, 9.17) is 11.6 Å². The fourth-order valence-electron chi connectivity index (χ4n) is 4.56. The molecule has 178 valence electrons. The lowest BCUT2D eigenvalue weighted by Crippen LogP contribution is -2.54. The summed E-state index contributed by atoms with van der Waals surface area (Å²) < 4.78 is 0. The Balaban J connectivity index is 1.66. The third-order valence-corrected chi connectivity index (χ3v) is 6.77. The lowest BCUT2D eigenvalue weighted by Gasteiger charge is -2.28. The van der Waals surface area contributed by atoms with E-state index in [1.165, 1.54) is 0 Å². The maximum Gasteiger partial charge on any atom is 0.335 e. The highest BCUT2D eigenvalue weighted by Gasteiger charge is 2.37. The molecule has 5 nitrogen and oxygen atoms in total. The maximum absolute atomic E-state index is 13.6. The van der Waals surface area contributed by atoms with Crippen LogP contribution in [-0.4, -0.2) is 17.8 Å². The van der Waals surface area contributed by atoms with Gasteiger partial charge in [0.2, 0.25) is 0 Å². The Morgan fingerprint density at radius 2 is 1.50 bits per heavy atom. The highest BCUT2D eigenvalue weighted by molar-refractivity contribution is 6.39. The summed E-state index contributed by atoms with van der Waals surface area (Å²) in [6.45, 7) is 1.95. The fourth-order valence-corrected chi connectivity index (χ4v) is 4.76. The van der Waals surface area contributed by atoms with E-state index in [0.29, 0.717) is 23.6 Å². The number of carbonyl (C=O) groups excluding carboxylic acids is 3. The molecule has 5 rings (SSSR count). The number of fused-ring (bicyclic) bond motifs is 1. The molecule has 4 aromatic rings.